The van der Waals surface area contributed by atoms with Gasteiger partial charge in [0.05, 0.1) is 6.10 Å². The minimum Gasteiger partial charge on any atom is -0.481 e. The first-order valence-corrected chi connectivity index (χ1v) is 7.47. The van der Waals surface area contributed by atoms with Crippen molar-refractivity contribution in [2.45, 2.75) is 19.1 Å². The number of aliphatic hydroxyl groups is 1. The zero-order valence-corrected chi connectivity index (χ0v) is 13.3. The lowest BCUT2D eigenvalue weighted by molar-refractivity contribution is -0.127. The maximum atomic E-state index is 13.5. The number of rotatable bonds is 6. The van der Waals surface area contributed by atoms with Crippen molar-refractivity contribution in [1.82, 2.24) is 5.32 Å². The van der Waals surface area contributed by atoms with Crippen LogP contribution in [0.3, 0.4) is 0 Å². The van der Waals surface area contributed by atoms with Crippen LogP contribution in [0.15, 0.2) is 48.5 Å². The van der Waals surface area contributed by atoms with Crippen LogP contribution in [0, 0.1) is 5.82 Å². The Hall–Kier alpha value is -2.11. The Bertz CT molecular complexity index is 663. The summed E-state index contributed by atoms with van der Waals surface area (Å²) >= 11 is 5.77. The highest BCUT2D eigenvalue weighted by atomic mass is 35.5. The average Bonchev–Trinajstić information content (AvgIpc) is 2.54. The Kier molecular flexibility index (Phi) is 5.96. The molecule has 1 amide bonds. The number of nitrogens with one attached hydrogen (secondary N) is 1. The molecule has 0 saturated heterocycles. The Morgan fingerprint density at radius 3 is 2.57 bits per heavy atom. The Balaban J connectivity index is 1.86. The van der Waals surface area contributed by atoms with E-state index in [-0.39, 0.29) is 12.1 Å². The van der Waals surface area contributed by atoms with Gasteiger partial charge in [0.2, 0.25) is 0 Å². The molecule has 0 radical (unpaired) electrons. The van der Waals surface area contributed by atoms with E-state index < -0.39 is 23.9 Å². The summed E-state index contributed by atoms with van der Waals surface area (Å²) in [6.45, 7) is 1.48. The van der Waals surface area contributed by atoms with Crippen molar-refractivity contribution in [1.29, 1.82) is 0 Å². The molecule has 2 atom stereocenters. The van der Waals surface area contributed by atoms with Gasteiger partial charge in [0.1, 0.15) is 11.6 Å². The highest BCUT2D eigenvalue weighted by Gasteiger charge is 2.18. The first kappa shape index (κ1) is 17.2. The van der Waals surface area contributed by atoms with Crippen LogP contribution in [0.1, 0.15) is 18.6 Å². The van der Waals surface area contributed by atoms with Crippen molar-refractivity contribution in [3.05, 3.63) is 64.9 Å². The normalized spacial score (nSPS) is 13.2. The Labute approximate surface area is 138 Å². The summed E-state index contributed by atoms with van der Waals surface area (Å²) in [5.41, 5.74) is 0.138. The molecule has 2 aromatic rings. The van der Waals surface area contributed by atoms with Crippen molar-refractivity contribution in [2.75, 3.05) is 6.54 Å². The van der Waals surface area contributed by atoms with Crippen LogP contribution in [-0.4, -0.2) is 23.7 Å². The number of amides is 1. The van der Waals surface area contributed by atoms with Gasteiger partial charge in [-0.15, -0.1) is 0 Å². The molecule has 122 valence electrons. The van der Waals surface area contributed by atoms with Crippen LogP contribution in [0.25, 0.3) is 0 Å². The van der Waals surface area contributed by atoms with Gasteiger partial charge in [-0.3, -0.25) is 4.79 Å². The van der Waals surface area contributed by atoms with Gasteiger partial charge >= 0.3 is 0 Å². The minimum atomic E-state index is -1.12. The fourth-order valence-corrected chi connectivity index (χ4v) is 2.09. The van der Waals surface area contributed by atoms with Gasteiger partial charge in [0.15, 0.2) is 6.10 Å². The summed E-state index contributed by atoms with van der Waals surface area (Å²) in [6, 6.07) is 12.5. The molecule has 4 nitrogen and oxygen atoms in total. The number of carbonyl (C=O) groups excluding carboxylic acids is 1. The smallest absolute Gasteiger partial charge is 0.260 e. The summed E-state index contributed by atoms with van der Waals surface area (Å²) < 4.78 is 19.0. The third-order valence-corrected chi connectivity index (χ3v) is 3.48. The van der Waals surface area contributed by atoms with E-state index in [2.05, 4.69) is 5.32 Å². The van der Waals surface area contributed by atoms with Crippen LogP contribution in [0.2, 0.25) is 5.02 Å². The SMILES string of the molecule is CC(Oc1ccc(Cl)cc1)C(=O)NCC(O)c1ccccc1F. The summed E-state index contributed by atoms with van der Waals surface area (Å²) in [7, 11) is 0. The van der Waals surface area contributed by atoms with Crippen LogP contribution in [0.4, 0.5) is 4.39 Å². The number of hydrogen-bond donors (Lipinski definition) is 2. The number of hydrogen-bond acceptors (Lipinski definition) is 3. The molecule has 2 aromatic carbocycles. The van der Waals surface area contributed by atoms with Crippen molar-refractivity contribution >= 4 is 17.5 Å². The first-order valence-electron chi connectivity index (χ1n) is 7.10. The molecule has 0 fully saturated rings. The number of aliphatic hydroxyl groups excluding tert-OH is 1. The first-order chi connectivity index (χ1) is 11.0. The standard InChI is InChI=1S/C17H17ClFNO3/c1-11(23-13-8-6-12(18)7-9-13)17(22)20-10-16(21)14-4-2-3-5-15(14)19/h2-9,11,16,21H,10H2,1H3,(H,20,22). The van der Waals surface area contributed by atoms with Crippen molar-refractivity contribution in [3.8, 4) is 5.75 Å². The van der Waals surface area contributed by atoms with E-state index >= 15 is 0 Å². The summed E-state index contributed by atoms with van der Waals surface area (Å²) in [5, 5.41) is 13.0. The quantitative estimate of drug-likeness (QED) is 0.851. The lowest BCUT2D eigenvalue weighted by atomic mass is 10.1. The van der Waals surface area contributed by atoms with Crippen LogP contribution >= 0.6 is 11.6 Å². The Morgan fingerprint density at radius 2 is 1.91 bits per heavy atom. The van der Waals surface area contributed by atoms with E-state index in [9.17, 15) is 14.3 Å². The second kappa shape index (κ2) is 7.94. The van der Waals surface area contributed by atoms with Crippen LogP contribution in [-0.2, 0) is 4.79 Å². The molecular formula is C17H17ClFNO3. The van der Waals surface area contributed by atoms with Gasteiger partial charge in [-0.1, -0.05) is 29.8 Å². The molecule has 2 rings (SSSR count). The summed E-state index contributed by atoms with van der Waals surface area (Å²) in [6.07, 6.45) is -1.88. The molecular weight excluding hydrogens is 321 g/mol. The molecule has 0 aliphatic heterocycles. The van der Waals surface area contributed by atoms with Crippen molar-refractivity contribution in [3.63, 3.8) is 0 Å². The summed E-state index contributed by atoms with van der Waals surface area (Å²) in [4.78, 5) is 12.0. The van der Waals surface area contributed by atoms with Gasteiger partial charge in [0, 0.05) is 17.1 Å². The molecule has 0 aromatic heterocycles. The highest BCUT2D eigenvalue weighted by molar-refractivity contribution is 6.30. The largest absolute Gasteiger partial charge is 0.481 e. The lowest BCUT2D eigenvalue weighted by Crippen LogP contribution is -2.38. The van der Waals surface area contributed by atoms with Crippen molar-refractivity contribution in [2.24, 2.45) is 0 Å². The fourth-order valence-electron chi connectivity index (χ4n) is 1.97. The third kappa shape index (κ3) is 4.94. The number of benzene rings is 2. The topological polar surface area (TPSA) is 58.6 Å². The molecule has 0 heterocycles. The molecule has 2 unspecified atom stereocenters. The number of carbonyl (C=O) groups is 1. The third-order valence-electron chi connectivity index (χ3n) is 3.23. The van der Waals surface area contributed by atoms with E-state index in [1.165, 1.54) is 18.2 Å². The molecule has 0 saturated carbocycles. The number of halogens is 2. The second-order valence-electron chi connectivity index (χ2n) is 5.00. The van der Waals surface area contributed by atoms with E-state index in [4.69, 9.17) is 16.3 Å². The van der Waals surface area contributed by atoms with Gasteiger partial charge < -0.3 is 15.2 Å². The van der Waals surface area contributed by atoms with Crippen LogP contribution < -0.4 is 10.1 Å². The van der Waals surface area contributed by atoms with Gasteiger partial charge in [0.25, 0.3) is 5.91 Å². The van der Waals surface area contributed by atoms with Crippen LogP contribution in [0.5, 0.6) is 5.75 Å². The molecule has 6 heteroatoms. The molecule has 0 spiro atoms. The van der Waals surface area contributed by atoms with Crippen molar-refractivity contribution < 1.29 is 19.0 Å². The molecule has 2 N–H and O–H groups in total. The number of ether oxygens (including phenoxy) is 1. The van der Waals surface area contributed by atoms with Gasteiger partial charge in [-0.25, -0.2) is 4.39 Å². The van der Waals surface area contributed by atoms with E-state index in [0.717, 1.165) is 0 Å². The monoisotopic (exact) mass is 337 g/mol. The van der Waals surface area contributed by atoms with Gasteiger partial charge in [-0.2, -0.15) is 0 Å². The zero-order chi connectivity index (χ0) is 16.8. The van der Waals surface area contributed by atoms with Gasteiger partial charge in [-0.05, 0) is 37.3 Å². The maximum absolute atomic E-state index is 13.5. The van der Waals surface area contributed by atoms with E-state index in [1.54, 1.807) is 37.3 Å². The average molecular weight is 338 g/mol. The maximum Gasteiger partial charge on any atom is 0.260 e. The highest BCUT2D eigenvalue weighted by Crippen LogP contribution is 2.17. The Morgan fingerprint density at radius 1 is 1.26 bits per heavy atom. The fraction of sp³-hybridized carbons (Fsp3) is 0.235. The minimum absolute atomic E-state index is 0.103. The van der Waals surface area contributed by atoms with E-state index in [1.807, 2.05) is 0 Å². The molecule has 0 bridgehead atoms. The predicted molar refractivity (Wildman–Crippen MR) is 85.9 cm³/mol. The predicted octanol–water partition coefficient (Wildman–Crippen LogP) is 3.10. The molecule has 0 aliphatic rings. The lowest BCUT2D eigenvalue weighted by Gasteiger charge is -2.17. The van der Waals surface area contributed by atoms with E-state index in [0.29, 0.717) is 10.8 Å². The molecule has 23 heavy (non-hydrogen) atoms. The molecule has 0 aliphatic carbocycles. The second-order valence-corrected chi connectivity index (χ2v) is 5.43. The summed E-state index contributed by atoms with van der Waals surface area (Å²) in [5.74, 6) is -0.415. The zero-order valence-electron chi connectivity index (χ0n) is 12.5.